The Balaban J connectivity index is 2.00. The summed E-state index contributed by atoms with van der Waals surface area (Å²) in [6.45, 7) is 5.25. The largest absolute Gasteiger partial charge is 0.383 e. The van der Waals surface area contributed by atoms with Gasteiger partial charge in [-0.1, -0.05) is 6.07 Å². The van der Waals surface area contributed by atoms with E-state index >= 15 is 0 Å². The van der Waals surface area contributed by atoms with Gasteiger partial charge in [0.25, 0.3) is 11.5 Å². The zero-order valence-corrected chi connectivity index (χ0v) is 16.3. The summed E-state index contributed by atoms with van der Waals surface area (Å²) in [4.78, 5) is 32.6. The van der Waals surface area contributed by atoms with E-state index in [1.54, 1.807) is 17.9 Å². The maximum absolute atomic E-state index is 13.4. The highest BCUT2D eigenvalue weighted by Gasteiger charge is 2.31. The molecule has 0 unspecified atom stereocenters. The van der Waals surface area contributed by atoms with Gasteiger partial charge in [0.1, 0.15) is 5.56 Å². The Labute approximate surface area is 159 Å². The van der Waals surface area contributed by atoms with Crippen LogP contribution < -0.4 is 5.56 Å². The lowest BCUT2D eigenvalue weighted by Gasteiger charge is -2.36. The molecule has 0 aromatic carbocycles. The first-order valence-corrected chi connectivity index (χ1v) is 9.45. The lowest BCUT2D eigenvalue weighted by molar-refractivity contribution is 0.0607. The monoisotopic (exact) mass is 369 g/mol. The topological polar surface area (TPSA) is 64.4 Å². The molecule has 1 amide bonds. The summed E-state index contributed by atoms with van der Waals surface area (Å²) < 4.78 is 6.75. The zero-order valence-electron chi connectivity index (χ0n) is 16.3. The van der Waals surface area contributed by atoms with Crippen LogP contribution in [0.2, 0.25) is 0 Å². The van der Waals surface area contributed by atoms with Crippen LogP contribution >= 0.6 is 0 Å². The third-order valence-corrected chi connectivity index (χ3v) is 5.27. The van der Waals surface area contributed by atoms with E-state index in [0.29, 0.717) is 19.7 Å². The van der Waals surface area contributed by atoms with E-state index in [-0.39, 0.29) is 23.1 Å². The first-order chi connectivity index (χ1) is 13.0. The van der Waals surface area contributed by atoms with E-state index in [9.17, 15) is 9.59 Å². The number of aryl methyl sites for hydroxylation is 2. The highest BCUT2D eigenvalue weighted by Crippen LogP contribution is 2.31. The number of hydrogen-bond donors (Lipinski definition) is 0. The molecule has 0 N–H and O–H groups in total. The van der Waals surface area contributed by atoms with Crippen molar-refractivity contribution in [3.63, 3.8) is 0 Å². The van der Waals surface area contributed by atoms with E-state index in [4.69, 9.17) is 4.74 Å². The van der Waals surface area contributed by atoms with Crippen LogP contribution in [0, 0.1) is 13.8 Å². The number of ether oxygens (including phenoxy) is 1. The summed E-state index contributed by atoms with van der Waals surface area (Å²) in [6.07, 6.45) is 6.45. The van der Waals surface area contributed by atoms with E-state index in [1.165, 1.54) is 0 Å². The van der Waals surface area contributed by atoms with Crippen molar-refractivity contribution in [1.82, 2.24) is 14.5 Å². The van der Waals surface area contributed by atoms with Crippen LogP contribution in [-0.2, 0) is 11.3 Å². The molecule has 0 saturated carbocycles. The number of rotatable bonds is 5. The smallest absolute Gasteiger partial charge is 0.263 e. The van der Waals surface area contributed by atoms with Crippen LogP contribution in [-0.4, -0.2) is 40.6 Å². The number of amides is 1. The molecular formula is C21H27N3O3. The molecule has 1 saturated heterocycles. The summed E-state index contributed by atoms with van der Waals surface area (Å²) in [5.74, 6) is -0.183. The standard InChI is InChI=1S/C21H27N3O3/c1-15-13-16(2)23(11-12-27-3)20(25)19(15)21(26)24-10-5-4-8-18(24)17-7-6-9-22-14-17/h6-7,9,13-14,18H,4-5,8,10-12H2,1-3H3/t18-/m1/s1. The summed E-state index contributed by atoms with van der Waals surface area (Å²) in [7, 11) is 1.60. The molecule has 1 aliphatic heterocycles. The Bertz CT molecular complexity index is 861. The van der Waals surface area contributed by atoms with Crippen molar-refractivity contribution in [2.45, 2.75) is 45.7 Å². The molecule has 0 spiro atoms. The Morgan fingerprint density at radius 1 is 1.33 bits per heavy atom. The number of carbonyl (C=O) groups excluding carboxylic acids is 1. The Kier molecular flexibility index (Phi) is 6.06. The second kappa shape index (κ2) is 8.48. The molecule has 3 heterocycles. The highest BCUT2D eigenvalue weighted by atomic mass is 16.5. The Hall–Kier alpha value is -2.47. The van der Waals surface area contributed by atoms with E-state index < -0.39 is 0 Å². The van der Waals surface area contributed by atoms with E-state index in [1.807, 2.05) is 43.1 Å². The van der Waals surface area contributed by atoms with Gasteiger partial charge in [-0.05, 0) is 56.4 Å². The molecule has 3 rings (SSSR count). The SMILES string of the molecule is COCCn1c(C)cc(C)c(C(=O)N2CCCC[C@@H]2c2cccnc2)c1=O. The molecule has 0 radical (unpaired) electrons. The van der Waals surface area contributed by atoms with Gasteiger partial charge in [-0.3, -0.25) is 14.6 Å². The minimum absolute atomic E-state index is 0.0347. The van der Waals surface area contributed by atoms with Gasteiger partial charge in [0, 0.05) is 38.3 Å². The summed E-state index contributed by atoms with van der Waals surface area (Å²) in [6, 6.07) is 5.77. The van der Waals surface area contributed by atoms with Crippen molar-refractivity contribution >= 4 is 5.91 Å². The van der Waals surface area contributed by atoms with Gasteiger partial charge in [0.15, 0.2) is 0 Å². The van der Waals surface area contributed by atoms with Crippen LogP contribution in [0.4, 0.5) is 0 Å². The minimum Gasteiger partial charge on any atom is -0.383 e. The van der Waals surface area contributed by atoms with Crippen LogP contribution in [0.3, 0.4) is 0 Å². The molecule has 1 atom stereocenters. The van der Waals surface area contributed by atoms with Crippen LogP contribution in [0.25, 0.3) is 0 Å². The molecule has 2 aromatic rings. The maximum atomic E-state index is 13.4. The van der Waals surface area contributed by atoms with E-state index in [2.05, 4.69) is 4.98 Å². The Morgan fingerprint density at radius 3 is 2.85 bits per heavy atom. The van der Waals surface area contributed by atoms with Gasteiger partial charge in [0.2, 0.25) is 0 Å². The number of methoxy groups -OCH3 is 1. The maximum Gasteiger partial charge on any atom is 0.263 e. The van der Waals surface area contributed by atoms with Gasteiger partial charge in [-0.25, -0.2) is 0 Å². The van der Waals surface area contributed by atoms with Crippen molar-refractivity contribution in [3.05, 3.63) is 63.3 Å². The molecule has 0 aliphatic carbocycles. The van der Waals surface area contributed by atoms with Gasteiger partial charge >= 0.3 is 0 Å². The average molecular weight is 369 g/mol. The molecule has 1 fully saturated rings. The number of pyridine rings is 2. The van der Waals surface area contributed by atoms with Gasteiger partial charge in [-0.2, -0.15) is 0 Å². The molecule has 1 aliphatic rings. The van der Waals surface area contributed by atoms with Crippen molar-refractivity contribution in [2.75, 3.05) is 20.3 Å². The van der Waals surface area contributed by atoms with Gasteiger partial charge in [-0.15, -0.1) is 0 Å². The number of carbonyl (C=O) groups is 1. The fourth-order valence-corrected chi connectivity index (χ4v) is 3.89. The second-order valence-corrected chi connectivity index (χ2v) is 7.09. The first-order valence-electron chi connectivity index (χ1n) is 9.45. The Morgan fingerprint density at radius 2 is 2.15 bits per heavy atom. The van der Waals surface area contributed by atoms with Crippen LogP contribution in [0.15, 0.2) is 35.4 Å². The number of nitrogens with zero attached hydrogens (tertiary/aromatic N) is 3. The molecule has 0 bridgehead atoms. The minimum atomic E-state index is -0.231. The van der Waals surface area contributed by atoms with Crippen molar-refractivity contribution in [3.8, 4) is 0 Å². The molecular weight excluding hydrogens is 342 g/mol. The summed E-state index contributed by atoms with van der Waals surface area (Å²) in [5, 5.41) is 0. The number of likely N-dealkylation sites (tertiary alicyclic amines) is 1. The quantitative estimate of drug-likeness (QED) is 0.813. The van der Waals surface area contributed by atoms with Crippen molar-refractivity contribution in [2.24, 2.45) is 0 Å². The second-order valence-electron chi connectivity index (χ2n) is 7.09. The van der Waals surface area contributed by atoms with Crippen LogP contribution in [0.5, 0.6) is 0 Å². The molecule has 6 nitrogen and oxygen atoms in total. The molecule has 2 aromatic heterocycles. The van der Waals surface area contributed by atoms with Crippen LogP contribution in [0.1, 0.15) is 52.5 Å². The normalized spacial score (nSPS) is 17.1. The third-order valence-electron chi connectivity index (χ3n) is 5.27. The predicted octanol–water partition coefficient (Wildman–Crippen LogP) is 2.87. The molecule has 27 heavy (non-hydrogen) atoms. The molecule has 144 valence electrons. The first kappa shape index (κ1) is 19.3. The summed E-state index contributed by atoms with van der Waals surface area (Å²) >= 11 is 0. The number of hydrogen-bond acceptors (Lipinski definition) is 4. The fraction of sp³-hybridized carbons (Fsp3) is 0.476. The predicted molar refractivity (Wildman–Crippen MR) is 104 cm³/mol. The highest BCUT2D eigenvalue weighted by molar-refractivity contribution is 5.95. The lowest BCUT2D eigenvalue weighted by Crippen LogP contribution is -2.42. The number of piperidine rings is 1. The average Bonchev–Trinajstić information content (AvgIpc) is 2.68. The third kappa shape index (κ3) is 3.95. The zero-order chi connectivity index (χ0) is 19.4. The summed E-state index contributed by atoms with van der Waals surface area (Å²) in [5.41, 5.74) is 2.63. The van der Waals surface area contributed by atoms with Gasteiger partial charge < -0.3 is 14.2 Å². The lowest BCUT2D eigenvalue weighted by atomic mass is 9.95. The molecule has 6 heteroatoms. The van der Waals surface area contributed by atoms with E-state index in [0.717, 1.165) is 36.1 Å². The van der Waals surface area contributed by atoms with Gasteiger partial charge in [0.05, 0.1) is 12.6 Å². The van der Waals surface area contributed by atoms with Crippen molar-refractivity contribution in [1.29, 1.82) is 0 Å². The fourth-order valence-electron chi connectivity index (χ4n) is 3.89. The van der Waals surface area contributed by atoms with Crippen molar-refractivity contribution < 1.29 is 9.53 Å². The number of aromatic nitrogens is 2.